The number of rotatable bonds is 5. The first-order valence-electron chi connectivity index (χ1n) is 12.3. The molecule has 2 unspecified atom stereocenters. The second-order valence-corrected chi connectivity index (χ2v) is 11.6. The monoisotopic (exact) mass is 519 g/mol. The van der Waals surface area contributed by atoms with Crippen molar-refractivity contribution in [2.75, 3.05) is 25.1 Å². The van der Waals surface area contributed by atoms with Gasteiger partial charge in [0.2, 0.25) is 5.43 Å². The smallest absolute Gasteiger partial charge is 0.408 e. The van der Waals surface area contributed by atoms with E-state index < -0.39 is 52.2 Å². The van der Waals surface area contributed by atoms with Crippen LogP contribution in [0.1, 0.15) is 63.4 Å². The first-order valence-corrected chi connectivity index (χ1v) is 12.3. The van der Waals surface area contributed by atoms with Crippen molar-refractivity contribution >= 4 is 28.7 Å². The van der Waals surface area contributed by atoms with Gasteiger partial charge in [-0.3, -0.25) is 4.79 Å². The van der Waals surface area contributed by atoms with Gasteiger partial charge in [0, 0.05) is 31.1 Å². The van der Waals surface area contributed by atoms with E-state index in [1.807, 2.05) is 6.92 Å². The molecule has 1 aliphatic heterocycles. The number of aromatic nitrogens is 1. The van der Waals surface area contributed by atoms with E-state index in [0.29, 0.717) is 6.54 Å². The van der Waals surface area contributed by atoms with E-state index in [1.165, 1.54) is 11.7 Å². The van der Waals surface area contributed by atoms with Crippen LogP contribution in [-0.2, 0) is 4.74 Å². The highest BCUT2D eigenvalue weighted by molar-refractivity contribution is 5.97. The summed E-state index contributed by atoms with van der Waals surface area (Å²) < 4.78 is 42.4. The third-order valence-corrected chi connectivity index (χ3v) is 7.79. The molecule has 2 aliphatic carbocycles. The van der Waals surface area contributed by atoms with Gasteiger partial charge in [0.15, 0.2) is 11.6 Å². The van der Waals surface area contributed by atoms with Crippen molar-refractivity contribution in [2.24, 2.45) is 5.41 Å². The topological polar surface area (TPSA) is 110 Å². The molecule has 3 atom stereocenters. The summed E-state index contributed by atoms with van der Waals surface area (Å²) in [5, 5.41) is 12.3. The lowest BCUT2D eigenvalue weighted by molar-refractivity contribution is 0.0439. The molecule has 1 amide bonds. The number of pyridine rings is 1. The molecule has 1 saturated heterocycles. The van der Waals surface area contributed by atoms with Crippen molar-refractivity contribution in [3.05, 3.63) is 33.9 Å². The molecule has 11 heteroatoms. The molecule has 1 aromatic heterocycles. The Morgan fingerprint density at radius 2 is 1.89 bits per heavy atom. The second-order valence-electron chi connectivity index (χ2n) is 11.6. The second kappa shape index (κ2) is 8.06. The Balaban J connectivity index is 1.62. The van der Waals surface area contributed by atoms with Crippen molar-refractivity contribution in [1.29, 1.82) is 0 Å². The Bertz CT molecular complexity index is 1380. The summed E-state index contributed by atoms with van der Waals surface area (Å²) in [6, 6.07) is 0.325. The van der Waals surface area contributed by atoms with Crippen LogP contribution in [0.5, 0.6) is 5.75 Å². The van der Waals surface area contributed by atoms with Crippen LogP contribution in [0, 0.1) is 11.2 Å². The van der Waals surface area contributed by atoms with E-state index in [2.05, 4.69) is 5.32 Å². The van der Waals surface area contributed by atoms with Crippen LogP contribution < -0.4 is 20.4 Å². The maximum absolute atomic E-state index is 15.8. The van der Waals surface area contributed by atoms with Crippen molar-refractivity contribution in [3.8, 4) is 5.75 Å². The van der Waals surface area contributed by atoms with Gasteiger partial charge in [-0.25, -0.2) is 18.4 Å². The molecule has 2 N–H and O–H groups in total. The number of halogens is 2. The van der Waals surface area contributed by atoms with E-state index >= 15 is 4.39 Å². The predicted molar refractivity (Wildman–Crippen MR) is 132 cm³/mol. The summed E-state index contributed by atoms with van der Waals surface area (Å²) in [5.74, 6) is -2.21. The fourth-order valence-electron chi connectivity index (χ4n) is 5.65. The van der Waals surface area contributed by atoms with Gasteiger partial charge in [0.1, 0.15) is 23.0 Å². The van der Waals surface area contributed by atoms with E-state index in [1.54, 1.807) is 25.7 Å². The molecule has 9 nitrogen and oxygen atoms in total. The molecule has 2 aromatic rings. The Kier molecular flexibility index (Phi) is 5.51. The van der Waals surface area contributed by atoms with E-state index in [4.69, 9.17) is 9.47 Å². The lowest BCUT2D eigenvalue weighted by atomic mass is 9.86. The fourth-order valence-corrected chi connectivity index (χ4v) is 5.65. The van der Waals surface area contributed by atoms with Crippen LogP contribution in [0.2, 0.25) is 0 Å². The number of hydrogen-bond acceptors (Lipinski definition) is 6. The Hall–Kier alpha value is -3.37. The number of methoxy groups -OCH3 is 1. The molecule has 5 rings (SSSR count). The number of carboxylic acid groups (broad SMARTS) is 1. The van der Waals surface area contributed by atoms with Gasteiger partial charge in [-0.1, -0.05) is 0 Å². The third kappa shape index (κ3) is 4.08. The predicted octanol–water partition coefficient (Wildman–Crippen LogP) is 4.01. The Morgan fingerprint density at radius 3 is 2.41 bits per heavy atom. The number of ether oxygens (including phenoxy) is 2. The zero-order valence-corrected chi connectivity index (χ0v) is 21.5. The Morgan fingerprint density at radius 1 is 1.24 bits per heavy atom. The van der Waals surface area contributed by atoms with Gasteiger partial charge in [0.05, 0.1) is 29.6 Å². The summed E-state index contributed by atoms with van der Waals surface area (Å²) in [5.41, 5.74) is -2.90. The van der Waals surface area contributed by atoms with Crippen LogP contribution in [0.15, 0.2) is 17.1 Å². The Labute approximate surface area is 212 Å². The van der Waals surface area contributed by atoms with Crippen LogP contribution in [0.3, 0.4) is 0 Å². The maximum Gasteiger partial charge on any atom is 0.408 e. The highest BCUT2D eigenvalue weighted by atomic mass is 19.1. The lowest BCUT2D eigenvalue weighted by Gasteiger charge is -2.33. The summed E-state index contributed by atoms with van der Waals surface area (Å²) in [6.45, 7) is 7.89. The van der Waals surface area contributed by atoms with Crippen LogP contribution >= 0.6 is 0 Å². The number of alkyl carbamates (subject to hydrolysis) is 1. The van der Waals surface area contributed by atoms with Crippen molar-refractivity contribution < 1.29 is 33.0 Å². The van der Waals surface area contributed by atoms with Crippen LogP contribution in [-0.4, -0.2) is 59.2 Å². The first kappa shape index (κ1) is 25.3. The van der Waals surface area contributed by atoms with Gasteiger partial charge < -0.3 is 29.4 Å². The summed E-state index contributed by atoms with van der Waals surface area (Å²) >= 11 is 0. The van der Waals surface area contributed by atoms with E-state index in [9.17, 15) is 23.9 Å². The molecule has 200 valence electrons. The molecular formula is C26H31F2N3O6. The minimum absolute atomic E-state index is 0.0282. The van der Waals surface area contributed by atoms with Crippen LogP contribution in [0.25, 0.3) is 10.9 Å². The number of carbonyl (C=O) groups excluding carboxylic acids is 1. The van der Waals surface area contributed by atoms with Crippen molar-refractivity contribution in [2.45, 2.75) is 70.3 Å². The molecular weight excluding hydrogens is 488 g/mol. The van der Waals surface area contributed by atoms with Gasteiger partial charge in [-0.15, -0.1) is 0 Å². The number of fused-ring (bicyclic) bond motifs is 1. The molecule has 1 aromatic carbocycles. The van der Waals surface area contributed by atoms with Crippen molar-refractivity contribution in [3.63, 3.8) is 0 Å². The fraction of sp³-hybridized carbons (Fsp3) is 0.577. The van der Waals surface area contributed by atoms with Gasteiger partial charge >= 0.3 is 12.1 Å². The molecule has 3 aliphatic rings. The molecule has 1 spiro atoms. The average Bonchev–Trinajstić information content (AvgIpc) is 3.67. The van der Waals surface area contributed by atoms with E-state index in [-0.39, 0.29) is 40.7 Å². The number of anilines is 1. The summed E-state index contributed by atoms with van der Waals surface area (Å²) in [4.78, 5) is 39.1. The largest absolute Gasteiger partial charge is 0.492 e. The summed E-state index contributed by atoms with van der Waals surface area (Å²) in [7, 11) is 1.33. The first-order chi connectivity index (χ1) is 17.2. The third-order valence-electron chi connectivity index (χ3n) is 7.79. The number of benzene rings is 1. The van der Waals surface area contributed by atoms with Crippen LogP contribution in [0.4, 0.5) is 19.3 Å². The number of alkyl halides is 1. The number of amides is 1. The number of aromatic carboxylic acids is 1. The molecule has 3 fully saturated rings. The quantitative estimate of drug-likeness (QED) is 0.614. The number of nitrogens with one attached hydrogen (secondary N) is 1. The highest BCUT2D eigenvalue weighted by Crippen LogP contribution is 2.60. The normalized spacial score (nSPS) is 25.9. The highest BCUT2D eigenvalue weighted by Gasteiger charge is 2.63. The molecule has 37 heavy (non-hydrogen) atoms. The SMILES string of the molecule is COc1c(N2CC3(CC3)C(C)(NC(=O)OC(C)(C)C)C2)c(F)cc2c(=O)c(C(=O)O)cn(C3C[C@@H]3F)c12. The molecule has 2 heterocycles. The zero-order chi connectivity index (χ0) is 27.1. The average molecular weight is 520 g/mol. The lowest BCUT2D eigenvalue weighted by Crippen LogP contribution is -2.54. The van der Waals surface area contributed by atoms with Crippen molar-refractivity contribution in [1.82, 2.24) is 9.88 Å². The molecule has 0 radical (unpaired) electrons. The minimum Gasteiger partial charge on any atom is -0.492 e. The minimum atomic E-state index is -1.47. The van der Waals surface area contributed by atoms with Gasteiger partial charge in [-0.2, -0.15) is 0 Å². The number of nitrogens with zero attached hydrogens (tertiary/aromatic N) is 2. The standard InChI is InChI=1S/C26H31F2N3O6/c1-24(2,3)37-23(35)29-25(4)11-30(12-26(25)6-7-26)19-16(28)8-13-18(21(19)36-5)31(17-9-15(17)27)10-14(20(13)32)22(33)34/h8,10,15,17H,6-7,9,11-12H2,1-5H3,(H,29,35)(H,33,34)/t15-,17?,25?/m0/s1. The number of carboxylic acids is 1. The maximum atomic E-state index is 15.8. The molecule has 2 saturated carbocycles. The van der Waals surface area contributed by atoms with Gasteiger partial charge in [0.25, 0.3) is 0 Å². The van der Waals surface area contributed by atoms with Gasteiger partial charge in [-0.05, 0) is 46.6 Å². The molecule has 0 bridgehead atoms. The number of hydrogen-bond donors (Lipinski definition) is 2. The number of carbonyl (C=O) groups is 2. The van der Waals surface area contributed by atoms with E-state index in [0.717, 1.165) is 25.1 Å². The summed E-state index contributed by atoms with van der Waals surface area (Å²) in [6.07, 6.45) is 1.14. The zero-order valence-electron chi connectivity index (χ0n) is 21.5.